The zero-order valence-corrected chi connectivity index (χ0v) is 37.4. The van der Waals surface area contributed by atoms with Crippen LogP contribution in [0.4, 0.5) is 4.79 Å². The van der Waals surface area contributed by atoms with Gasteiger partial charge in [-0.3, -0.25) is 43.2 Å². The number of nitrogens with zero attached hydrogens (tertiary/aromatic N) is 3. The van der Waals surface area contributed by atoms with Crippen molar-refractivity contribution in [2.75, 3.05) is 71.2 Å². The van der Waals surface area contributed by atoms with Crippen LogP contribution in [-0.4, -0.2) is 164 Å². The van der Waals surface area contributed by atoms with Crippen LogP contribution in [0.1, 0.15) is 80.7 Å². The number of amides is 3. The molecule has 1 aromatic rings. The van der Waals surface area contributed by atoms with Crippen molar-refractivity contribution >= 4 is 45.9 Å². The number of carbonyl (C=O) groups excluding carboxylic acids is 6. The zero-order chi connectivity index (χ0) is 45.3. The molecule has 1 aliphatic rings. The van der Waals surface area contributed by atoms with Gasteiger partial charge in [0.1, 0.15) is 41.2 Å². The molecular weight excluding hydrogens is 805 g/mol. The summed E-state index contributed by atoms with van der Waals surface area (Å²) >= 11 is 0. The zero-order valence-electron chi connectivity index (χ0n) is 36.5. The number of alkyl carbamates (subject to hydrolysis) is 1. The van der Waals surface area contributed by atoms with Crippen LogP contribution in [0.15, 0.2) is 30.3 Å². The molecule has 4 N–H and O–H groups in total. The second-order valence-electron chi connectivity index (χ2n) is 17.5. The van der Waals surface area contributed by atoms with Gasteiger partial charge in [0.05, 0.1) is 13.1 Å². The van der Waals surface area contributed by atoms with E-state index in [0.717, 1.165) is 5.56 Å². The van der Waals surface area contributed by atoms with Gasteiger partial charge in [-0.2, -0.15) is 8.42 Å². The average Bonchev–Trinajstić information content (AvgIpc) is 3.17. The third-order valence-electron chi connectivity index (χ3n) is 8.38. The maximum absolute atomic E-state index is 13.8. The Hall–Kier alpha value is -4.37. The standard InChI is InChI=1S/C40H66N6O13S/c1-38(2,3)57-33(48)25-44-19-20-45(26-34(49)58-39(4,5)6)22-24-46(23-21-44)31(36(51)59-40(7,8)9)15-16-32(47)43-30(28-60(53,54)55)35(50)41-17-18-42-37(52)56-27-29-13-11-10-12-14-29/h10-14,30-31H,15-28H2,1-9H3,(H,41,50)(H,42,52)(H,43,47)(H,53,54,55)/t30?,31-/m1/s1. The monoisotopic (exact) mass is 870 g/mol. The largest absolute Gasteiger partial charge is 0.459 e. The van der Waals surface area contributed by atoms with Gasteiger partial charge in [-0.15, -0.1) is 0 Å². The van der Waals surface area contributed by atoms with Gasteiger partial charge in [0.25, 0.3) is 10.1 Å². The Morgan fingerprint density at radius 1 is 0.717 bits per heavy atom. The Labute approximate surface area is 354 Å². The first kappa shape index (κ1) is 51.8. The molecule has 60 heavy (non-hydrogen) atoms. The van der Waals surface area contributed by atoms with Crippen LogP contribution in [0.2, 0.25) is 0 Å². The summed E-state index contributed by atoms with van der Waals surface area (Å²) in [6.45, 7) is 17.2. The molecule has 0 bridgehead atoms. The fourth-order valence-electron chi connectivity index (χ4n) is 5.89. The van der Waals surface area contributed by atoms with Crippen molar-refractivity contribution in [1.82, 2.24) is 30.7 Å². The molecule has 2 rings (SSSR count). The van der Waals surface area contributed by atoms with Gasteiger partial charge in [-0.05, 0) is 74.3 Å². The van der Waals surface area contributed by atoms with E-state index in [1.165, 1.54) is 0 Å². The van der Waals surface area contributed by atoms with Crippen LogP contribution in [0, 0.1) is 0 Å². The van der Waals surface area contributed by atoms with E-state index in [2.05, 4.69) is 16.0 Å². The minimum absolute atomic E-state index is 0.0210. The van der Waals surface area contributed by atoms with Gasteiger partial charge in [-0.25, -0.2) is 4.79 Å². The quantitative estimate of drug-likeness (QED) is 0.0708. The summed E-state index contributed by atoms with van der Waals surface area (Å²) in [6, 6.07) is 6.21. The first-order valence-corrected chi connectivity index (χ1v) is 21.6. The van der Waals surface area contributed by atoms with Crippen molar-refractivity contribution < 1.29 is 60.7 Å². The van der Waals surface area contributed by atoms with Gasteiger partial charge >= 0.3 is 24.0 Å². The number of benzene rings is 1. The summed E-state index contributed by atoms with van der Waals surface area (Å²) in [4.78, 5) is 83.6. The summed E-state index contributed by atoms with van der Waals surface area (Å²) in [7, 11) is -4.76. The molecule has 1 aromatic carbocycles. The fraction of sp³-hybridized carbons (Fsp3) is 0.700. The van der Waals surface area contributed by atoms with Crippen molar-refractivity contribution in [2.45, 2.75) is 111 Å². The molecular formula is C40H66N6O13S. The Morgan fingerprint density at radius 2 is 1.20 bits per heavy atom. The molecule has 20 heteroatoms. The van der Waals surface area contributed by atoms with Crippen LogP contribution >= 0.6 is 0 Å². The minimum atomic E-state index is -4.76. The van der Waals surface area contributed by atoms with E-state index in [9.17, 15) is 41.7 Å². The van der Waals surface area contributed by atoms with E-state index in [1.807, 2.05) is 15.9 Å². The highest BCUT2D eigenvalue weighted by molar-refractivity contribution is 7.85. The van der Waals surface area contributed by atoms with Crippen LogP contribution in [0.3, 0.4) is 0 Å². The lowest BCUT2D eigenvalue weighted by Crippen LogP contribution is -2.52. The highest BCUT2D eigenvalue weighted by Gasteiger charge is 2.34. The Kier molecular flexibility index (Phi) is 20.3. The van der Waals surface area contributed by atoms with Gasteiger partial charge in [-0.1, -0.05) is 30.3 Å². The lowest BCUT2D eigenvalue weighted by Gasteiger charge is -2.34. The lowest BCUT2D eigenvalue weighted by molar-refractivity contribution is -0.163. The molecule has 1 fully saturated rings. The molecule has 340 valence electrons. The molecule has 1 heterocycles. The topological polar surface area (TPSA) is 240 Å². The minimum Gasteiger partial charge on any atom is -0.459 e. The third-order valence-corrected chi connectivity index (χ3v) is 9.14. The molecule has 0 radical (unpaired) electrons. The molecule has 1 saturated heterocycles. The van der Waals surface area contributed by atoms with E-state index in [4.69, 9.17) is 18.9 Å². The molecule has 1 aliphatic heterocycles. The predicted molar refractivity (Wildman–Crippen MR) is 221 cm³/mol. The van der Waals surface area contributed by atoms with Crippen molar-refractivity contribution in [2.24, 2.45) is 0 Å². The first-order valence-electron chi connectivity index (χ1n) is 20.0. The van der Waals surface area contributed by atoms with Gasteiger partial charge < -0.3 is 34.9 Å². The summed E-state index contributed by atoms with van der Waals surface area (Å²) in [5.41, 5.74) is -1.58. The number of rotatable bonds is 18. The van der Waals surface area contributed by atoms with Gasteiger partial charge in [0.2, 0.25) is 11.8 Å². The normalized spacial score (nSPS) is 16.2. The second kappa shape index (κ2) is 23.6. The molecule has 19 nitrogen and oxygen atoms in total. The Balaban J connectivity index is 2.21. The van der Waals surface area contributed by atoms with Gasteiger partial charge in [0, 0.05) is 58.8 Å². The number of ether oxygens (including phenoxy) is 4. The first-order chi connectivity index (χ1) is 27.7. The highest BCUT2D eigenvalue weighted by Crippen LogP contribution is 2.18. The molecule has 0 spiro atoms. The average molecular weight is 871 g/mol. The molecule has 0 saturated carbocycles. The fourth-order valence-corrected chi connectivity index (χ4v) is 6.55. The molecule has 0 aromatic heterocycles. The summed E-state index contributed by atoms with van der Waals surface area (Å²) < 4.78 is 55.3. The van der Waals surface area contributed by atoms with Crippen LogP contribution in [0.5, 0.6) is 0 Å². The van der Waals surface area contributed by atoms with E-state index in [1.54, 1.807) is 91.5 Å². The molecule has 1 unspecified atom stereocenters. The summed E-state index contributed by atoms with van der Waals surface area (Å²) in [6.07, 6.45) is -1.25. The molecule has 0 aliphatic carbocycles. The van der Waals surface area contributed by atoms with Crippen LogP contribution in [-0.2, 0) is 59.6 Å². The Morgan fingerprint density at radius 3 is 1.68 bits per heavy atom. The third kappa shape index (κ3) is 23.4. The van der Waals surface area contributed by atoms with Crippen molar-refractivity contribution in [3.8, 4) is 0 Å². The van der Waals surface area contributed by atoms with E-state index >= 15 is 0 Å². The SMILES string of the molecule is CC(C)(C)OC(=O)CN1CCN(CC(=O)OC(C)(C)C)CCN([C@H](CCC(=O)NC(CS(=O)(=O)O)C(=O)NCCNC(=O)OCc2ccccc2)C(=O)OC(C)(C)C)CC1. The van der Waals surface area contributed by atoms with Crippen LogP contribution < -0.4 is 16.0 Å². The van der Waals surface area contributed by atoms with Crippen molar-refractivity contribution in [1.29, 1.82) is 0 Å². The number of hydrogen-bond acceptors (Lipinski definition) is 15. The van der Waals surface area contributed by atoms with Crippen LogP contribution in [0.25, 0.3) is 0 Å². The molecule has 2 atom stereocenters. The maximum Gasteiger partial charge on any atom is 0.407 e. The predicted octanol–water partition coefficient (Wildman–Crippen LogP) is 1.50. The van der Waals surface area contributed by atoms with Crippen molar-refractivity contribution in [3.05, 3.63) is 35.9 Å². The van der Waals surface area contributed by atoms with E-state index < -0.39 is 80.6 Å². The second-order valence-corrected chi connectivity index (χ2v) is 19.0. The Bertz CT molecular complexity index is 1650. The number of carbonyl (C=O) groups is 6. The summed E-state index contributed by atoms with van der Waals surface area (Å²) in [5, 5.41) is 7.21. The highest BCUT2D eigenvalue weighted by atomic mass is 32.2. The molecule has 3 amide bonds. The summed E-state index contributed by atoms with van der Waals surface area (Å²) in [5.74, 6) is -4.42. The van der Waals surface area contributed by atoms with E-state index in [0.29, 0.717) is 26.2 Å². The van der Waals surface area contributed by atoms with Crippen molar-refractivity contribution in [3.63, 3.8) is 0 Å². The number of hydrogen-bond donors (Lipinski definition) is 4. The van der Waals surface area contributed by atoms with E-state index in [-0.39, 0.29) is 58.7 Å². The maximum atomic E-state index is 13.8. The number of esters is 3. The van der Waals surface area contributed by atoms with Gasteiger partial charge in [0.15, 0.2) is 0 Å². The smallest absolute Gasteiger partial charge is 0.407 e. The number of nitrogens with one attached hydrogen (secondary N) is 3. The lowest BCUT2D eigenvalue weighted by atomic mass is 10.1.